The first kappa shape index (κ1) is 76.3. The van der Waals surface area contributed by atoms with Gasteiger partial charge in [-0.05, 0) is 57.8 Å². The minimum Gasteiger partial charge on any atom is -0.466 e. The standard InChI is InChI=1S/C72H139NO5/c1-3-5-7-9-11-13-15-17-18-19-35-38-42-46-50-54-58-62-66-72(77)78-67-63-59-55-51-47-43-39-36-33-31-29-27-25-23-21-20-22-24-26-28-30-32-34-37-41-45-49-53-57-61-65-71(76)73-69(68-74)70(75)64-60-56-52-48-44-40-16-14-12-10-8-6-4-2/h13,15,18-19,69-70,74-75H,3-12,14,16-17,20-68H2,1-2H3,(H,73,76)/b15-13-,19-18-. The normalized spacial score (nSPS) is 12.6. The van der Waals surface area contributed by atoms with E-state index in [2.05, 4.69) is 43.5 Å². The third-order valence-corrected chi connectivity index (χ3v) is 16.8. The van der Waals surface area contributed by atoms with E-state index in [9.17, 15) is 19.8 Å². The molecule has 2 atom stereocenters. The number of hydrogen-bond acceptors (Lipinski definition) is 5. The average Bonchev–Trinajstić information content (AvgIpc) is 3.44. The van der Waals surface area contributed by atoms with Crippen LogP contribution < -0.4 is 5.32 Å². The number of aliphatic hydroxyl groups excluding tert-OH is 2. The molecule has 0 saturated heterocycles. The van der Waals surface area contributed by atoms with Gasteiger partial charge in [-0.25, -0.2) is 0 Å². The molecule has 0 aliphatic carbocycles. The maximum Gasteiger partial charge on any atom is 0.305 e. The molecule has 78 heavy (non-hydrogen) atoms. The minimum absolute atomic E-state index is 0.0134. The van der Waals surface area contributed by atoms with E-state index >= 15 is 0 Å². The topological polar surface area (TPSA) is 95.9 Å². The molecule has 0 aromatic heterocycles. The molecule has 0 spiro atoms. The van der Waals surface area contributed by atoms with E-state index in [0.717, 1.165) is 51.4 Å². The van der Waals surface area contributed by atoms with Crippen molar-refractivity contribution < 1.29 is 24.5 Å². The average molecular weight is 1100 g/mol. The van der Waals surface area contributed by atoms with Crippen LogP contribution in [0.3, 0.4) is 0 Å². The summed E-state index contributed by atoms with van der Waals surface area (Å²) in [6.07, 6.45) is 85.2. The summed E-state index contributed by atoms with van der Waals surface area (Å²) in [7, 11) is 0. The molecular weight excluding hydrogens is 959 g/mol. The Balaban J connectivity index is 3.31. The van der Waals surface area contributed by atoms with Crippen molar-refractivity contribution >= 4 is 11.9 Å². The molecule has 0 aromatic rings. The Morgan fingerprint density at radius 2 is 0.641 bits per heavy atom. The van der Waals surface area contributed by atoms with Crippen LogP contribution >= 0.6 is 0 Å². The lowest BCUT2D eigenvalue weighted by Crippen LogP contribution is -2.45. The highest BCUT2D eigenvalue weighted by Gasteiger charge is 2.20. The van der Waals surface area contributed by atoms with Gasteiger partial charge in [-0.1, -0.05) is 353 Å². The highest BCUT2D eigenvalue weighted by atomic mass is 16.5. The van der Waals surface area contributed by atoms with Crippen molar-refractivity contribution in [3.63, 3.8) is 0 Å². The van der Waals surface area contributed by atoms with Gasteiger partial charge in [-0.3, -0.25) is 9.59 Å². The summed E-state index contributed by atoms with van der Waals surface area (Å²) in [4.78, 5) is 24.6. The molecule has 462 valence electrons. The SMILES string of the molecule is CCCCCC/C=C\C/C=C\CCCCCCCCCC(=O)OCCCCCCCCCCCCCCCCCCCCCCCCCCCCCCCCC(=O)NC(CO)C(O)CCCCCCCCCCCCCCC. The molecule has 0 radical (unpaired) electrons. The number of allylic oxidation sites excluding steroid dienone is 4. The fourth-order valence-electron chi connectivity index (χ4n) is 11.3. The number of rotatable bonds is 67. The Morgan fingerprint density at radius 3 is 0.987 bits per heavy atom. The number of nitrogens with one attached hydrogen (secondary N) is 1. The lowest BCUT2D eigenvalue weighted by molar-refractivity contribution is -0.143. The van der Waals surface area contributed by atoms with E-state index < -0.39 is 12.1 Å². The predicted octanol–water partition coefficient (Wildman–Crippen LogP) is 22.9. The Kier molecular flexibility index (Phi) is 66.4. The van der Waals surface area contributed by atoms with Crippen molar-refractivity contribution in [1.29, 1.82) is 0 Å². The Labute approximate surface area is 488 Å². The van der Waals surface area contributed by atoms with E-state index in [0.29, 0.717) is 25.9 Å². The summed E-state index contributed by atoms with van der Waals surface area (Å²) < 4.78 is 5.50. The van der Waals surface area contributed by atoms with Crippen LogP contribution in [0.1, 0.15) is 399 Å². The van der Waals surface area contributed by atoms with Crippen LogP contribution in [0.4, 0.5) is 0 Å². The largest absolute Gasteiger partial charge is 0.466 e. The minimum atomic E-state index is -0.660. The van der Waals surface area contributed by atoms with Gasteiger partial charge in [0.1, 0.15) is 0 Å². The summed E-state index contributed by atoms with van der Waals surface area (Å²) in [6.45, 7) is 4.96. The van der Waals surface area contributed by atoms with Gasteiger partial charge in [0.25, 0.3) is 0 Å². The van der Waals surface area contributed by atoms with Crippen LogP contribution in [0.15, 0.2) is 24.3 Å². The number of amides is 1. The summed E-state index contributed by atoms with van der Waals surface area (Å²) in [5, 5.41) is 23.3. The maximum absolute atomic E-state index is 12.5. The van der Waals surface area contributed by atoms with E-state index in [1.165, 1.54) is 315 Å². The molecule has 3 N–H and O–H groups in total. The third-order valence-electron chi connectivity index (χ3n) is 16.8. The van der Waals surface area contributed by atoms with Crippen LogP contribution in [0.2, 0.25) is 0 Å². The number of aliphatic hydroxyl groups is 2. The number of ether oxygens (including phenoxy) is 1. The second kappa shape index (κ2) is 67.8. The summed E-state index contributed by atoms with van der Waals surface area (Å²) in [5.41, 5.74) is 0. The zero-order valence-electron chi connectivity index (χ0n) is 52.9. The quantitative estimate of drug-likeness (QED) is 0.0320. The van der Waals surface area contributed by atoms with Gasteiger partial charge in [-0.2, -0.15) is 0 Å². The Hall–Kier alpha value is -1.66. The lowest BCUT2D eigenvalue weighted by Gasteiger charge is -2.22. The molecule has 0 aliphatic rings. The molecule has 0 heterocycles. The van der Waals surface area contributed by atoms with Crippen LogP contribution in [-0.2, 0) is 14.3 Å². The van der Waals surface area contributed by atoms with Gasteiger partial charge < -0.3 is 20.3 Å². The molecule has 6 nitrogen and oxygen atoms in total. The van der Waals surface area contributed by atoms with E-state index in [1.807, 2.05) is 0 Å². The fraction of sp³-hybridized carbons (Fsp3) is 0.917. The van der Waals surface area contributed by atoms with Gasteiger partial charge in [0.15, 0.2) is 0 Å². The molecule has 2 unspecified atom stereocenters. The number of carbonyl (C=O) groups is 2. The predicted molar refractivity (Wildman–Crippen MR) is 343 cm³/mol. The Morgan fingerprint density at radius 1 is 0.359 bits per heavy atom. The van der Waals surface area contributed by atoms with Crippen LogP contribution in [-0.4, -0.2) is 47.4 Å². The van der Waals surface area contributed by atoms with Crippen LogP contribution in [0.25, 0.3) is 0 Å². The van der Waals surface area contributed by atoms with Crippen molar-refractivity contribution in [3.8, 4) is 0 Å². The van der Waals surface area contributed by atoms with E-state index in [4.69, 9.17) is 4.74 Å². The third kappa shape index (κ3) is 63.5. The smallest absolute Gasteiger partial charge is 0.305 e. The number of esters is 1. The van der Waals surface area contributed by atoms with Crippen LogP contribution in [0.5, 0.6) is 0 Å². The fourth-order valence-corrected chi connectivity index (χ4v) is 11.3. The van der Waals surface area contributed by atoms with Crippen molar-refractivity contribution in [2.45, 2.75) is 411 Å². The van der Waals surface area contributed by atoms with Gasteiger partial charge >= 0.3 is 5.97 Å². The van der Waals surface area contributed by atoms with Gasteiger partial charge in [0.2, 0.25) is 5.91 Å². The molecule has 6 heteroatoms. The second-order valence-electron chi connectivity index (χ2n) is 24.6. The van der Waals surface area contributed by atoms with Crippen molar-refractivity contribution in [1.82, 2.24) is 5.32 Å². The number of hydrogen-bond donors (Lipinski definition) is 3. The zero-order chi connectivity index (χ0) is 56.4. The van der Waals surface area contributed by atoms with Crippen molar-refractivity contribution in [2.75, 3.05) is 13.2 Å². The van der Waals surface area contributed by atoms with Gasteiger partial charge in [0.05, 0.1) is 25.4 Å². The highest BCUT2D eigenvalue weighted by Crippen LogP contribution is 2.19. The van der Waals surface area contributed by atoms with Gasteiger partial charge in [-0.15, -0.1) is 0 Å². The molecule has 0 bridgehead atoms. The zero-order valence-corrected chi connectivity index (χ0v) is 52.9. The first-order valence-corrected chi connectivity index (χ1v) is 35.6. The maximum atomic E-state index is 12.5. The second-order valence-corrected chi connectivity index (χ2v) is 24.6. The molecule has 0 aromatic carbocycles. The van der Waals surface area contributed by atoms with E-state index in [-0.39, 0.29) is 18.5 Å². The first-order chi connectivity index (χ1) is 38.5. The highest BCUT2D eigenvalue weighted by molar-refractivity contribution is 5.76. The number of unbranched alkanes of at least 4 members (excludes halogenated alkanes) is 52. The summed E-state index contributed by atoms with van der Waals surface area (Å²) in [5.74, 6) is -0.0156. The van der Waals surface area contributed by atoms with Gasteiger partial charge in [0, 0.05) is 12.8 Å². The number of carbonyl (C=O) groups excluding carboxylic acids is 2. The molecule has 0 aliphatic heterocycles. The molecule has 0 saturated carbocycles. The molecule has 1 amide bonds. The Bertz CT molecular complexity index is 1220. The lowest BCUT2D eigenvalue weighted by atomic mass is 10.0. The summed E-state index contributed by atoms with van der Waals surface area (Å²) in [6, 6.07) is -0.537. The van der Waals surface area contributed by atoms with Crippen molar-refractivity contribution in [3.05, 3.63) is 24.3 Å². The van der Waals surface area contributed by atoms with Crippen molar-refractivity contribution in [2.24, 2.45) is 0 Å². The van der Waals surface area contributed by atoms with Crippen LogP contribution in [0, 0.1) is 0 Å². The summed E-state index contributed by atoms with van der Waals surface area (Å²) >= 11 is 0. The molecule has 0 rings (SSSR count). The monoisotopic (exact) mass is 1100 g/mol. The first-order valence-electron chi connectivity index (χ1n) is 35.6. The van der Waals surface area contributed by atoms with E-state index in [1.54, 1.807) is 0 Å². The molecular formula is C72H139NO5. The molecule has 0 fully saturated rings.